The van der Waals surface area contributed by atoms with Gasteiger partial charge in [0.15, 0.2) is 0 Å². The Bertz CT molecular complexity index is 1890. The van der Waals surface area contributed by atoms with Gasteiger partial charge in [-0.15, -0.1) is 0 Å². The van der Waals surface area contributed by atoms with Crippen molar-refractivity contribution in [2.75, 3.05) is 4.90 Å². The molecule has 0 N–H and O–H groups in total. The first-order valence-corrected chi connectivity index (χ1v) is 13.4. The number of hydrogen-bond acceptors (Lipinski definition) is 1. The third-order valence-electron chi connectivity index (χ3n) is 7.46. The zero-order valence-electron chi connectivity index (χ0n) is 21.8. The van der Waals surface area contributed by atoms with E-state index in [-0.39, 0.29) is 0 Å². The molecule has 0 bridgehead atoms. The zero-order chi connectivity index (χ0) is 26.2. The maximum Gasteiger partial charge on any atom is 0.139 e. The van der Waals surface area contributed by atoms with Crippen LogP contribution in [0.25, 0.3) is 38.6 Å². The monoisotopic (exact) mass is 498 g/mol. The Morgan fingerprint density at radius 3 is 1.74 bits per heavy atom. The van der Waals surface area contributed by atoms with Crippen molar-refractivity contribution in [2.45, 2.75) is 0 Å². The number of anilines is 3. The molecular formula is C36H27BN2. The van der Waals surface area contributed by atoms with Crippen molar-refractivity contribution < 1.29 is 0 Å². The molecular weight excluding hydrogens is 471 g/mol. The van der Waals surface area contributed by atoms with Crippen LogP contribution in [0, 0.1) is 0 Å². The van der Waals surface area contributed by atoms with Crippen molar-refractivity contribution in [3.05, 3.63) is 152 Å². The number of fused-ring (bicyclic) bond motifs is 3. The lowest BCUT2D eigenvalue weighted by molar-refractivity contribution is 1.18. The van der Waals surface area contributed by atoms with Crippen LogP contribution in [-0.2, 0) is 0 Å². The first kappa shape index (κ1) is 23.1. The number of aromatic nitrogens is 1. The molecule has 0 amide bonds. The van der Waals surface area contributed by atoms with E-state index in [0.717, 1.165) is 22.7 Å². The summed E-state index contributed by atoms with van der Waals surface area (Å²) in [4.78, 5) is 2.39. The number of benzene rings is 6. The summed E-state index contributed by atoms with van der Waals surface area (Å²) in [5.41, 5.74) is 10.7. The molecule has 0 radical (unpaired) electrons. The Hall–Kier alpha value is -5.02. The summed E-state index contributed by atoms with van der Waals surface area (Å²) in [5.74, 6) is 0. The van der Waals surface area contributed by atoms with E-state index in [4.69, 9.17) is 0 Å². The van der Waals surface area contributed by atoms with Crippen LogP contribution in [0.3, 0.4) is 0 Å². The second-order valence-electron chi connectivity index (χ2n) is 9.94. The van der Waals surface area contributed by atoms with Gasteiger partial charge < -0.3 is 9.47 Å². The first-order valence-electron chi connectivity index (χ1n) is 13.4. The van der Waals surface area contributed by atoms with Gasteiger partial charge in [0.1, 0.15) is 7.85 Å². The van der Waals surface area contributed by atoms with Crippen LogP contribution in [0.2, 0.25) is 0 Å². The molecule has 0 atom stereocenters. The standard InChI is InChI=1S/C36H27BN2/c37-28-20-24-31(25-21-28)38(30-22-18-27(19-23-30)26-10-3-1-4-11-26)34-16-9-17-35-36(34)32-14-7-8-15-33(32)39(35)29-12-5-2-6-13-29/h1-25H,37H2. The fraction of sp³-hybridized carbons (Fsp3) is 0. The van der Waals surface area contributed by atoms with Crippen molar-refractivity contribution in [3.63, 3.8) is 0 Å². The van der Waals surface area contributed by atoms with Crippen LogP contribution in [0.4, 0.5) is 17.1 Å². The Kier molecular flexibility index (Phi) is 5.75. The summed E-state index contributed by atoms with van der Waals surface area (Å²) in [7, 11) is 2.14. The Morgan fingerprint density at radius 1 is 0.462 bits per heavy atom. The minimum atomic E-state index is 1.13. The maximum absolute atomic E-state index is 2.39. The van der Waals surface area contributed by atoms with Gasteiger partial charge in [-0.1, -0.05) is 103 Å². The molecule has 0 saturated carbocycles. The van der Waals surface area contributed by atoms with Gasteiger partial charge in [0.05, 0.1) is 16.7 Å². The molecule has 2 nitrogen and oxygen atoms in total. The molecule has 184 valence electrons. The molecule has 7 rings (SSSR count). The van der Waals surface area contributed by atoms with E-state index < -0.39 is 0 Å². The highest BCUT2D eigenvalue weighted by molar-refractivity contribution is 6.32. The van der Waals surface area contributed by atoms with Crippen molar-refractivity contribution in [1.29, 1.82) is 0 Å². The van der Waals surface area contributed by atoms with Crippen LogP contribution in [0.15, 0.2) is 152 Å². The fourth-order valence-electron chi connectivity index (χ4n) is 5.60. The number of para-hydroxylation sites is 2. The summed E-state index contributed by atoms with van der Waals surface area (Å²) in [5, 5.41) is 2.48. The molecule has 39 heavy (non-hydrogen) atoms. The minimum absolute atomic E-state index is 1.13. The lowest BCUT2D eigenvalue weighted by Gasteiger charge is -2.27. The molecule has 0 aliphatic heterocycles. The Balaban J connectivity index is 1.48. The van der Waals surface area contributed by atoms with Gasteiger partial charge >= 0.3 is 0 Å². The molecule has 0 spiro atoms. The molecule has 0 unspecified atom stereocenters. The Labute approximate surface area is 229 Å². The summed E-state index contributed by atoms with van der Waals surface area (Å²) in [6, 6.07) is 54.3. The van der Waals surface area contributed by atoms with Crippen LogP contribution in [0.5, 0.6) is 0 Å². The van der Waals surface area contributed by atoms with E-state index in [1.165, 1.54) is 38.4 Å². The summed E-state index contributed by atoms with van der Waals surface area (Å²) in [6.07, 6.45) is 0. The summed E-state index contributed by atoms with van der Waals surface area (Å²) >= 11 is 0. The van der Waals surface area contributed by atoms with Gasteiger partial charge in [-0.25, -0.2) is 0 Å². The van der Waals surface area contributed by atoms with Gasteiger partial charge in [-0.2, -0.15) is 0 Å². The quantitative estimate of drug-likeness (QED) is 0.217. The molecule has 3 heteroatoms. The second-order valence-corrected chi connectivity index (χ2v) is 9.94. The third kappa shape index (κ3) is 4.09. The van der Waals surface area contributed by atoms with Crippen LogP contribution < -0.4 is 10.4 Å². The third-order valence-corrected chi connectivity index (χ3v) is 7.46. The van der Waals surface area contributed by atoms with E-state index in [2.05, 4.69) is 169 Å². The normalized spacial score (nSPS) is 11.2. The molecule has 0 saturated heterocycles. The molecule has 1 heterocycles. The van der Waals surface area contributed by atoms with Gasteiger partial charge in [-0.05, 0) is 65.7 Å². The molecule has 1 aromatic heterocycles. The average molecular weight is 498 g/mol. The van der Waals surface area contributed by atoms with Gasteiger partial charge in [-0.3, -0.25) is 0 Å². The van der Waals surface area contributed by atoms with Crippen molar-refractivity contribution in [3.8, 4) is 16.8 Å². The molecule has 0 fully saturated rings. The fourth-order valence-corrected chi connectivity index (χ4v) is 5.60. The van der Waals surface area contributed by atoms with E-state index in [0.29, 0.717) is 0 Å². The topological polar surface area (TPSA) is 8.17 Å². The molecule has 7 aromatic rings. The lowest BCUT2D eigenvalue weighted by Crippen LogP contribution is -2.12. The predicted molar refractivity (Wildman–Crippen MR) is 169 cm³/mol. The number of hydrogen-bond donors (Lipinski definition) is 0. The predicted octanol–water partition coefficient (Wildman–Crippen LogP) is 8.18. The van der Waals surface area contributed by atoms with Crippen molar-refractivity contribution in [1.82, 2.24) is 4.57 Å². The van der Waals surface area contributed by atoms with E-state index in [9.17, 15) is 0 Å². The van der Waals surface area contributed by atoms with Crippen molar-refractivity contribution >= 4 is 52.2 Å². The zero-order valence-corrected chi connectivity index (χ0v) is 21.8. The summed E-state index contributed by atoms with van der Waals surface area (Å²) in [6.45, 7) is 0. The van der Waals surface area contributed by atoms with Gasteiger partial charge in [0.2, 0.25) is 0 Å². The molecule has 6 aromatic carbocycles. The smallest absolute Gasteiger partial charge is 0.139 e. The largest absolute Gasteiger partial charge is 0.310 e. The number of nitrogens with zero attached hydrogens (tertiary/aromatic N) is 2. The number of rotatable bonds is 5. The second kappa shape index (κ2) is 9.70. The maximum atomic E-state index is 2.39. The minimum Gasteiger partial charge on any atom is -0.310 e. The highest BCUT2D eigenvalue weighted by Gasteiger charge is 2.20. The van der Waals surface area contributed by atoms with Crippen LogP contribution in [-0.4, -0.2) is 12.4 Å². The molecule has 0 aliphatic rings. The van der Waals surface area contributed by atoms with Gasteiger partial charge in [0, 0.05) is 27.8 Å². The van der Waals surface area contributed by atoms with E-state index in [1.807, 2.05) is 0 Å². The van der Waals surface area contributed by atoms with E-state index >= 15 is 0 Å². The SMILES string of the molecule is Bc1ccc(N(c2ccc(-c3ccccc3)cc2)c2cccc3c2c2ccccc2n3-c2ccccc2)cc1. The molecule has 0 aliphatic carbocycles. The van der Waals surface area contributed by atoms with Crippen LogP contribution >= 0.6 is 0 Å². The first-order chi connectivity index (χ1) is 19.3. The average Bonchev–Trinajstić information content (AvgIpc) is 3.35. The Morgan fingerprint density at radius 2 is 1.03 bits per heavy atom. The van der Waals surface area contributed by atoms with Gasteiger partial charge in [0.25, 0.3) is 0 Å². The van der Waals surface area contributed by atoms with Crippen LogP contribution in [0.1, 0.15) is 0 Å². The lowest BCUT2D eigenvalue weighted by atomic mass is 9.96. The highest BCUT2D eigenvalue weighted by Crippen LogP contribution is 2.43. The van der Waals surface area contributed by atoms with E-state index in [1.54, 1.807) is 0 Å². The van der Waals surface area contributed by atoms with Crippen molar-refractivity contribution in [2.24, 2.45) is 0 Å². The summed E-state index contributed by atoms with van der Waals surface area (Å²) < 4.78 is 2.37. The highest BCUT2D eigenvalue weighted by atomic mass is 15.1.